The highest BCUT2D eigenvalue weighted by atomic mass is 16.6. The van der Waals surface area contributed by atoms with Crippen LogP contribution in [0, 0.1) is 0 Å². The second kappa shape index (κ2) is 47.3. The van der Waals surface area contributed by atoms with Gasteiger partial charge in [0.1, 0.15) is 13.2 Å². The van der Waals surface area contributed by atoms with Gasteiger partial charge < -0.3 is 14.2 Å². The average molecular weight is 821 g/mol. The molecule has 59 heavy (non-hydrogen) atoms. The minimum Gasteiger partial charge on any atom is -0.462 e. The van der Waals surface area contributed by atoms with E-state index in [1.165, 1.54) is 77.0 Å². The Morgan fingerprint density at radius 1 is 0.390 bits per heavy atom. The van der Waals surface area contributed by atoms with Gasteiger partial charge in [0, 0.05) is 12.8 Å². The summed E-state index contributed by atoms with van der Waals surface area (Å²) in [5.41, 5.74) is 0. The van der Waals surface area contributed by atoms with Gasteiger partial charge in [0.05, 0.1) is 6.42 Å². The van der Waals surface area contributed by atoms with E-state index in [9.17, 15) is 14.4 Å². The molecular weight excluding hydrogens is 733 g/mol. The first-order valence-corrected chi connectivity index (χ1v) is 24.1. The van der Waals surface area contributed by atoms with Crippen LogP contribution in [0.5, 0.6) is 0 Å². The molecule has 0 bridgehead atoms. The topological polar surface area (TPSA) is 78.9 Å². The van der Waals surface area contributed by atoms with Gasteiger partial charge >= 0.3 is 17.9 Å². The Labute approximate surface area is 363 Å². The lowest BCUT2D eigenvalue weighted by Gasteiger charge is -2.18. The smallest absolute Gasteiger partial charge is 0.309 e. The molecule has 0 rings (SSSR count). The van der Waals surface area contributed by atoms with Crippen LogP contribution >= 0.6 is 0 Å². The molecule has 6 heteroatoms. The van der Waals surface area contributed by atoms with E-state index in [1.54, 1.807) is 6.08 Å². The molecule has 0 aliphatic rings. The van der Waals surface area contributed by atoms with Crippen molar-refractivity contribution >= 4 is 17.9 Å². The van der Waals surface area contributed by atoms with Gasteiger partial charge in [-0.05, 0) is 83.5 Å². The molecule has 0 amide bonds. The van der Waals surface area contributed by atoms with Gasteiger partial charge in [0.2, 0.25) is 0 Å². The van der Waals surface area contributed by atoms with Crippen molar-refractivity contribution in [2.75, 3.05) is 13.2 Å². The molecule has 0 N–H and O–H groups in total. The van der Waals surface area contributed by atoms with E-state index >= 15 is 0 Å². The fourth-order valence-corrected chi connectivity index (χ4v) is 6.32. The fourth-order valence-electron chi connectivity index (χ4n) is 6.32. The number of ether oxygens (including phenoxy) is 3. The minimum absolute atomic E-state index is 0.121. The maximum atomic E-state index is 12.7. The first kappa shape index (κ1) is 55.6. The SMILES string of the molecule is CC/C=C\C/C=C\C/C=C\CC(=O)OCC(COC(=O)CCCCCCC\C=C/C=C\C=C/CCCCCCC)OC(=O)CCCCC/C=C\CCCCCCCCC. The lowest BCUT2D eigenvalue weighted by molar-refractivity contribution is -0.166. The van der Waals surface area contributed by atoms with Crippen molar-refractivity contribution < 1.29 is 28.6 Å². The normalized spacial score (nSPS) is 12.8. The predicted molar refractivity (Wildman–Crippen MR) is 251 cm³/mol. The Bertz CT molecular complexity index is 1170. The van der Waals surface area contributed by atoms with E-state index in [1.807, 2.05) is 6.08 Å². The van der Waals surface area contributed by atoms with Crippen molar-refractivity contribution in [2.45, 2.75) is 219 Å². The third kappa shape index (κ3) is 45.5. The average Bonchev–Trinajstić information content (AvgIpc) is 3.23. The van der Waals surface area contributed by atoms with Crippen LogP contribution < -0.4 is 0 Å². The van der Waals surface area contributed by atoms with Crippen LogP contribution in [0.3, 0.4) is 0 Å². The summed E-state index contributed by atoms with van der Waals surface area (Å²) < 4.78 is 16.6. The van der Waals surface area contributed by atoms with E-state index in [0.29, 0.717) is 6.42 Å². The molecule has 0 fully saturated rings. The number of unbranched alkanes of at least 4 members (excludes halogenated alkanes) is 20. The van der Waals surface area contributed by atoms with E-state index in [2.05, 4.69) is 93.7 Å². The van der Waals surface area contributed by atoms with Crippen molar-refractivity contribution in [3.63, 3.8) is 0 Å². The van der Waals surface area contributed by atoms with Crippen LogP contribution in [0.15, 0.2) is 85.1 Å². The first-order chi connectivity index (χ1) is 29.0. The summed E-state index contributed by atoms with van der Waals surface area (Å²) in [6, 6.07) is 0. The molecular formula is C53H88O6. The molecule has 0 aliphatic heterocycles. The maximum absolute atomic E-state index is 12.7. The van der Waals surface area contributed by atoms with Gasteiger partial charge in [-0.15, -0.1) is 0 Å². The molecule has 0 saturated carbocycles. The van der Waals surface area contributed by atoms with Crippen LogP contribution in [-0.4, -0.2) is 37.2 Å². The third-order valence-electron chi connectivity index (χ3n) is 9.95. The Balaban J connectivity index is 4.46. The number of hydrogen-bond donors (Lipinski definition) is 0. The van der Waals surface area contributed by atoms with E-state index in [4.69, 9.17) is 14.2 Å². The van der Waals surface area contributed by atoms with Gasteiger partial charge in [0.15, 0.2) is 6.10 Å². The molecule has 0 aromatic carbocycles. The summed E-state index contributed by atoms with van der Waals surface area (Å²) in [6.45, 7) is 6.35. The standard InChI is InChI=1S/C53H88O6/c1-4-7-10-13-16-19-21-23-25-26-27-28-30-31-34-37-40-43-46-52(55)58-49-50(48-57-51(54)45-42-39-36-33-18-15-12-9-6-3)59-53(56)47-44-41-38-35-32-29-24-22-20-17-14-11-8-5-2/h9,12,18,21,23,25-29,32-33,39,42,50H,4-8,10-11,13-17,19-20,22,24,30-31,34-38,40-41,43-49H2,1-3H3/b12-9-,23-21-,26-25-,28-27-,32-29-,33-18-,42-39-. The molecule has 0 aromatic rings. The van der Waals surface area contributed by atoms with Gasteiger partial charge in [0.25, 0.3) is 0 Å². The second-order valence-corrected chi connectivity index (χ2v) is 15.7. The molecule has 1 unspecified atom stereocenters. The Morgan fingerprint density at radius 3 is 1.32 bits per heavy atom. The first-order valence-electron chi connectivity index (χ1n) is 24.1. The summed E-state index contributed by atoms with van der Waals surface area (Å²) in [5, 5.41) is 0. The van der Waals surface area contributed by atoms with E-state index in [0.717, 1.165) is 96.3 Å². The van der Waals surface area contributed by atoms with E-state index in [-0.39, 0.29) is 38.0 Å². The Morgan fingerprint density at radius 2 is 0.797 bits per heavy atom. The van der Waals surface area contributed by atoms with E-state index < -0.39 is 12.1 Å². The van der Waals surface area contributed by atoms with Gasteiger partial charge in [-0.25, -0.2) is 0 Å². The van der Waals surface area contributed by atoms with Crippen molar-refractivity contribution in [1.82, 2.24) is 0 Å². The number of allylic oxidation sites excluding steroid dienone is 13. The summed E-state index contributed by atoms with van der Waals surface area (Å²) in [4.78, 5) is 37.7. The highest BCUT2D eigenvalue weighted by molar-refractivity contribution is 5.72. The number of hydrogen-bond acceptors (Lipinski definition) is 6. The fraction of sp³-hybridized carbons (Fsp3) is 0.679. The van der Waals surface area contributed by atoms with Crippen LogP contribution in [0.25, 0.3) is 0 Å². The van der Waals surface area contributed by atoms with Crippen molar-refractivity contribution in [3.8, 4) is 0 Å². The summed E-state index contributed by atoms with van der Waals surface area (Å²) >= 11 is 0. The summed E-state index contributed by atoms with van der Waals surface area (Å²) in [5.74, 6) is -1.09. The monoisotopic (exact) mass is 821 g/mol. The predicted octanol–water partition coefficient (Wildman–Crippen LogP) is 15.6. The quantitative estimate of drug-likeness (QED) is 0.0201. The van der Waals surface area contributed by atoms with Gasteiger partial charge in [-0.3, -0.25) is 14.4 Å². The molecule has 0 heterocycles. The molecule has 0 aliphatic carbocycles. The van der Waals surface area contributed by atoms with Crippen molar-refractivity contribution in [1.29, 1.82) is 0 Å². The lowest BCUT2D eigenvalue weighted by atomic mass is 10.1. The zero-order valence-corrected chi connectivity index (χ0v) is 38.2. The van der Waals surface area contributed by atoms with Crippen LogP contribution in [0.2, 0.25) is 0 Å². The lowest BCUT2D eigenvalue weighted by Crippen LogP contribution is -2.30. The zero-order chi connectivity index (χ0) is 43.0. The molecule has 336 valence electrons. The highest BCUT2D eigenvalue weighted by Crippen LogP contribution is 2.12. The second-order valence-electron chi connectivity index (χ2n) is 15.7. The zero-order valence-electron chi connectivity index (χ0n) is 38.2. The third-order valence-corrected chi connectivity index (χ3v) is 9.95. The van der Waals surface area contributed by atoms with Gasteiger partial charge in [-0.2, -0.15) is 0 Å². The van der Waals surface area contributed by atoms with Crippen molar-refractivity contribution in [3.05, 3.63) is 85.1 Å². The highest BCUT2D eigenvalue weighted by Gasteiger charge is 2.19. The molecule has 0 radical (unpaired) electrons. The van der Waals surface area contributed by atoms with Crippen molar-refractivity contribution in [2.24, 2.45) is 0 Å². The largest absolute Gasteiger partial charge is 0.462 e. The minimum atomic E-state index is -0.827. The molecule has 0 saturated heterocycles. The number of carbonyl (C=O) groups excluding carboxylic acids is 3. The Hall–Kier alpha value is -3.41. The molecule has 1 atom stereocenters. The molecule has 0 spiro atoms. The summed E-state index contributed by atoms with van der Waals surface area (Å²) in [7, 11) is 0. The molecule has 6 nitrogen and oxygen atoms in total. The Kier molecular flexibility index (Phi) is 44.5. The van der Waals surface area contributed by atoms with Gasteiger partial charge in [-0.1, -0.05) is 196 Å². The number of rotatable bonds is 42. The maximum Gasteiger partial charge on any atom is 0.309 e. The van der Waals surface area contributed by atoms with Crippen LogP contribution in [0.4, 0.5) is 0 Å². The number of esters is 3. The van der Waals surface area contributed by atoms with Crippen LogP contribution in [-0.2, 0) is 28.6 Å². The van der Waals surface area contributed by atoms with Crippen LogP contribution in [0.1, 0.15) is 213 Å². The molecule has 0 aromatic heterocycles. The summed E-state index contributed by atoms with van der Waals surface area (Å²) in [6.07, 6.45) is 60.3. The number of carbonyl (C=O) groups is 3.